The molecule has 10 heteroatoms. The maximum atomic E-state index is 12.6. The molecule has 2 aromatic rings. The van der Waals surface area contributed by atoms with Gasteiger partial charge >= 0.3 is 0 Å². The molecule has 0 atom stereocenters. The van der Waals surface area contributed by atoms with E-state index >= 15 is 0 Å². The van der Waals surface area contributed by atoms with E-state index in [2.05, 4.69) is 9.97 Å². The second-order valence-electron chi connectivity index (χ2n) is 7.45. The van der Waals surface area contributed by atoms with Crippen LogP contribution in [-0.4, -0.2) is 65.9 Å². The van der Waals surface area contributed by atoms with Crippen LogP contribution in [0.2, 0.25) is 0 Å². The fourth-order valence-corrected chi connectivity index (χ4v) is 6.18. The van der Waals surface area contributed by atoms with Crippen molar-refractivity contribution in [3.05, 3.63) is 26.6 Å². The zero-order chi connectivity index (χ0) is 19.9. The van der Waals surface area contributed by atoms with Crippen molar-refractivity contribution in [1.82, 2.24) is 19.2 Å². The van der Waals surface area contributed by atoms with E-state index in [1.807, 2.05) is 0 Å². The van der Waals surface area contributed by atoms with Gasteiger partial charge in [0.25, 0.3) is 5.56 Å². The molecule has 1 N–H and O–H groups in total. The predicted molar refractivity (Wildman–Crippen MR) is 108 cm³/mol. The summed E-state index contributed by atoms with van der Waals surface area (Å²) >= 11 is 1.59. The molecule has 0 saturated carbocycles. The smallest absolute Gasteiger partial charge is 0.259 e. The van der Waals surface area contributed by atoms with Gasteiger partial charge in [-0.3, -0.25) is 9.59 Å². The number of thiophene rings is 1. The lowest BCUT2D eigenvalue weighted by Crippen LogP contribution is -2.37. The number of carbonyl (C=O) groups is 1. The molecule has 152 valence electrons. The second kappa shape index (κ2) is 7.57. The van der Waals surface area contributed by atoms with Crippen LogP contribution in [0.15, 0.2) is 4.79 Å². The Kier molecular flexibility index (Phi) is 5.28. The number of fused-ring (bicyclic) bond motifs is 3. The van der Waals surface area contributed by atoms with Crippen LogP contribution >= 0.6 is 11.3 Å². The molecule has 0 spiro atoms. The second-order valence-corrected chi connectivity index (χ2v) is 10.5. The summed E-state index contributed by atoms with van der Waals surface area (Å²) in [6, 6.07) is 0. The standard InChI is InChI=1S/C18H24N4O4S2/c1-28(25,26)22-9-3-8-21(10-11-22)15(23)7-6-14-19-17(24)16-12-4-2-5-13(12)27-18(16)20-14/h2-11H2,1H3,(H,19,20,24). The minimum absolute atomic E-state index is 0.0354. The molecule has 1 saturated heterocycles. The molecule has 4 rings (SSSR count). The number of nitrogens with zero attached hydrogens (tertiary/aromatic N) is 3. The van der Waals surface area contributed by atoms with Crippen molar-refractivity contribution in [2.75, 3.05) is 32.4 Å². The van der Waals surface area contributed by atoms with Crippen LogP contribution < -0.4 is 5.56 Å². The number of aryl methyl sites for hydroxylation is 3. The molecule has 0 aromatic carbocycles. The summed E-state index contributed by atoms with van der Waals surface area (Å²) in [5, 5.41) is 0.723. The zero-order valence-electron chi connectivity index (χ0n) is 15.9. The van der Waals surface area contributed by atoms with Gasteiger partial charge in [-0.1, -0.05) is 0 Å². The molecule has 0 unspecified atom stereocenters. The molecule has 0 radical (unpaired) electrons. The van der Waals surface area contributed by atoms with E-state index in [4.69, 9.17) is 0 Å². The topological polar surface area (TPSA) is 103 Å². The Morgan fingerprint density at radius 1 is 1.18 bits per heavy atom. The summed E-state index contributed by atoms with van der Waals surface area (Å²) < 4.78 is 24.8. The quantitative estimate of drug-likeness (QED) is 0.785. The molecule has 3 heterocycles. The van der Waals surface area contributed by atoms with Gasteiger partial charge in [-0.15, -0.1) is 11.3 Å². The summed E-state index contributed by atoms with van der Waals surface area (Å²) in [5.74, 6) is 0.505. The molecule has 2 aromatic heterocycles. The highest BCUT2D eigenvalue weighted by molar-refractivity contribution is 7.88. The number of hydrogen-bond donors (Lipinski definition) is 1. The van der Waals surface area contributed by atoms with Crippen LogP contribution in [0, 0.1) is 0 Å². The van der Waals surface area contributed by atoms with E-state index < -0.39 is 10.0 Å². The lowest BCUT2D eigenvalue weighted by Gasteiger charge is -2.21. The maximum Gasteiger partial charge on any atom is 0.259 e. The number of nitrogens with one attached hydrogen (secondary N) is 1. The summed E-state index contributed by atoms with van der Waals surface area (Å²) in [6.07, 6.45) is 5.50. The molecule has 1 fully saturated rings. The average Bonchev–Trinajstić information content (AvgIpc) is 3.09. The van der Waals surface area contributed by atoms with Gasteiger partial charge in [0.05, 0.1) is 11.6 Å². The number of aromatic amines is 1. The first kappa shape index (κ1) is 19.5. The third kappa shape index (κ3) is 3.85. The Hall–Kier alpha value is -1.78. The number of hydrogen-bond acceptors (Lipinski definition) is 6. The molecule has 1 aliphatic heterocycles. The SMILES string of the molecule is CS(=O)(=O)N1CCCN(C(=O)CCc2nc3sc4c(c3c(=O)[nH]2)CCC4)CC1. The van der Waals surface area contributed by atoms with Crippen molar-refractivity contribution in [3.8, 4) is 0 Å². The van der Waals surface area contributed by atoms with E-state index in [0.717, 1.165) is 35.0 Å². The Morgan fingerprint density at radius 3 is 2.79 bits per heavy atom. The summed E-state index contributed by atoms with van der Waals surface area (Å²) in [5.41, 5.74) is 1.04. The van der Waals surface area contributed by atoms with Crippen molar-refractivity contribution in [3.63, 3.8) is 0 Å². The van der Waals surface area contributed by atoms with Gasteiger partial charge in [-0.05, 0) is 31.2 Å². The summed E-state index contributed by atoms with van der Waals surface area (Å²) in [4.78, 5) is 36.3. The van der Waals surface area contributed by atoms with Gasteiger partial charge in [-0.2, -0.15) is 0 Å². The number of carbonyl (C=O) groups excluding carboxylic acids is 1. The lowest BCUT2D eigenvalue weighted by molar-refractivity contribution is -0.131. The fraction of sp³-hybridized carbons (Fsp3) is 0.611. The van der Waals surface area contributed by atoms with E-state index in [-0.39, 0.29) is 17.9 Å². The fourth-order valence-electron chi connectivity index (χ4n) is 4.02. The van der Waals surface area contributed by atoms with Gasteiger partial charge in [0, 0.05) is 43.9 Å². The van der Waals surface area contributed by atoms with Gasteiger partial charge in [0.1, 0.15) is 10.7 Å². The first-order valence-electron chi connectivity index (χ1n) is 9.59. The number of sulfonamides is 1. The van der Waals surface area contributed by atoms with E-state index in [0.29, 0.717) is 44.8 Å². The van der Waals surface area contributed by atoms with Gasteiger partial charge < -0.3 is 9.88 Å². The van der Waals surface area contributed by atoms with Crippen molar-refractivity contribution < 1.29 is 13.2 Å². The third-order valence-corrected chi connectivity index (χ3v) is 7.97. The monoisotopic (exact) mass is 424 g/mol. The number of aromatic nitrogens is 2. The third-order valence-electron chi connectivity index (χ3n) is 5.48. The summed E-state index contributed by atoms with van der Waals surface area (Å²) in [7, 11) is -3.23. The van der Waals surface area contributed by atoms with Crippen molar-refractivity contribution >= 4 is 37.5 Å². The van der Waals surface area contributed by atoms with Gasteiger partial charge in [0.2, 0.25) is 15.9 Å². The van der Waals surface area contributed by atoms with Crippen LogP contribution in [0.1, 0.15) is 35.5 Å². The van der Waals surface area contributed by atoms with Gasteiger partial charge in [0.15, 0.2) is 0 Å². The molecular formula is C18H24N4O4S2. The van der Waals surface area contributed by atoms with E-state index in [1.54, 1.807) is 16.2 Å². The minimum Gasteiger partial charge on any atom is -0.341 e. The van der Waals surface area contributed by atoms with E-state index in [1.165, 1.54) is 15.4 Å². The van der Waals surface area contributed by atoms with E-state index in [9.17, 15) is 18.0 Å². The Morgan fingerprint density at radius 2 is 2.00 bits per heavy atom. The Balaban J connectivity index is 1.42. The first-order valence-corrected chi connectivity index (χ1v) is 12.3. The average molecular weight is 425 g/mol. The molecule has 1 amide bonds. The molecule has 28 heavy (non-hydrogen) atoms. The van der Waals surface area contributed by atoms with Crippen molar-refractivity contribution in [2.24, 2.45) is 0 Å². The summed E-state index contributed by atoms with van der Waals surface area (Å²) in [6.45, 7) is 1.71. The van der Waals surface area contributed by atoms with Crippen LogP contribution in [0.25, 0.3) is 10.2 Å². The van der Waals surface area contributed by atoms with Crippen LogP contribution in [0.3, 0.4) is 0 Å². The highest BCUT2D eigenvalue weighted by atomic mass is 32.2. The predicted octanol–water partition coefficient (Wildman–Crippen LogP) is 0.900. The van der Waals surface area contributed by atoms with Crippen LogP contribution in [-0.2, 0) is 34.1 Å². The number of rotatable bonds is 4. The van der Waals surface area contributed by atoms with Crippen molar-refractivity contribution in [1.29, 1.82) is 0 Å². The zero-order valence-corrected chi connectivity index (χ0v) is 17.5. The highest BCUT2D eigenvalue weighted by Gasteiger charge is 2.24. The van der Waals surface area contributed by atoms with Crippen LogP contribution in [0.4, 0.5) is 0 Å². The highest BCUT2D eigenvalue weighted by Crippen LogP contribution is 2.34. The molecular weight excluding hydrogens is 400 g/mol. The largest absolute Gasteiger partial charge is 0.341 e. The maximum absolute atomic E-state index is 12.6. The normalized spacial score (nSPS) is 18.4. The molecule has 8 nitrogen and oxygen atoms in total. The minimum atomic E-state index is -3.23. The van der Waals surface area contributed by atoms with Crippen molar-refractivity contribution in [2.45, 2.75) is 38.5 Å². The number of H-pyrrole nitrogens is 1. The Labute approximate surface area is 167 Å². The first-order chi connectivity index (χ1) is 13.3. The molecule has 1 aliphatic carbocycles. The van der Waals surface area contributed by atoms with Crippen LogP contribution in [0.5, 0.6) is 0 Å². The number of amides is 1. The molecule has 2 aliphatic rings. The van der Waals surface area contributed by atoms with Gasteiger partial charge in [-0.25, -0.2) is 17.7 Å². The Bertz CT molecular complexity index is 1070. The lowest BCUT2D eigenvalue weighted by atomic mass is 10.2. The molecule has 0 bridgehead atoms.